The zero-order valence-corrected chi connectivity index (χ0v) is 12.4. The second-order valence-electron chi connectivity index (χ2n) is 5.56. The number of esters is 1. The largest absolute Gasteiger partial charge is 0.481 e. The van der Waals surface area contributed by atoms with E-state index in [1.807, 2.05) is 0 Å². The molecule has 1 aliphatic rings. The van der Waals surface area contributed by atoms with Gasteiger partial charge in [-0.1, -0.05) is 26.3 Å². The Labute approximate surface area is 123 Å². The Hall–Kier alpha value is -1.85. The summed E-state index contributed by atoms with van der Waals surface area (Å²) in [7, 11) is 0. The molecule has 1 rings (SSSR count). The van der Waals surface area contributed by atoms with Gasteiger partial charge in [-0.15, -0.1) is 0 Å². The molecule has 2 N–H and O–H groups in total. The van der Waals surface area contributed by atoms with Crippen LogP contribution in [0.4, 0.5) is 0 Å². The molecule has 1 fully saturated rings. The molecule has 0 saturated heterocycles. The minimum atomic E-state index is -1.57. The van der Waals surface area contributed by atoms with Gasteiger partial charge >= 0.3 is 17.9 Å². The predicted molar refractivity (Wildman–Crippen MR) is 74.6 cm³/mol. The lowest BCUT2D eigenvalue weighted by Gasteiger charge is -2.43. The third kappa shape index (κ3) is 3.25. The monoisotopic (exact) mass is 298 g/mol. The first kappa shape index (κ1) is 17.2. The maximum atomic E-state index is 11.9. The molecule has 0 aromatic carbocycles. The second kappa shape index (κ2) is 6.74. The summed E-state index contributed by atoms with van der Waals surface area (Å²) in [4.78, 5) is 35.1. The van der Waals surface area contributed by atoms with E-state index >= 15 is 0 Å². The highest BCUT2D eigenvalue weighted by atomic mass is 16.5. The number of carboxylic acid groups (broad SMARTS) is 2. The summed E-state index contributed by atoms with van der Waals surface area (Å²) in [5, 5.41) is 19.1. The van der Waals surface area contributed by atoms with Crippen molar-refractivity contribution in [3.63, 3.8) is 0 Å². The quantitative estimate of drug-likeness (QED) is 0.576. The summed E-state index contributed by atoms with van der Waals surface area (Å²) in [6.45, 7) is 6.63. The Morgan fingerprint density at radius 3 is 2.38 bits per heavy atom. The van der Waals surface area contributed by atoms with Crippen molar-refractivity contribution in [3.8, 4) is 0 Å². The van der Waals surface area contributed by atoms with E-state index in [4.69, 9.17) is 4.74 Å². The van der Waals surface area contributed by atoms with Crippen LogP contribution in [0.15, 0.2) is 12.2 Å². The molecule has 21 heavy (non-hydrogen) atoms. The van der Waals surface area contributed by atoms with Gasteiger partial charge in [0, 0.05) is 5.57 Å². The smallest absolute Gasteiger partial charge is 0.333 e. The molecule has 1 saturated carbocycles. The number of rotatable bonds is 6. The Morgan fingerprint density at radius 1 is 1.33 bits per heavy atom. The maximum Gasteiger partial charge on any atom is 0.333 e. The van der Waals surface area contributed by atoms with E-state index in [1.54, 1.807) is 6.92 Å². The first-order valence-corrected chi connectivity index (χ1v) is 7.10. The normalized spacial score (nSPS) is 26.7. The Balaban J connectivity index is 3.22. The molecule has 3 unspecified atom stereocenters. The van der Waals surface area contributed by atoms with E-state index in [9.17, 15) is 24.6 Å². The van der Waals surface area contributed by atoms with Crippen LogP contribution in [0.2, 0.25) is 0 Å². The Morgan fingerprint density at radius 2 is 1.95 bits per heavy atom. The van der Waals surface area contributed by atoms with Gasteiger partial charge in [0.25, 0.3) is 0 Å². The lowest BCUT2D eigenvalue weighted by Crippen LogP contribution is -2.54. The highest BCUT2D eigenvalue weighted by Gasteiger charge is 2.57. The first-order chi connectivity index (χ1) is 9.77. The number of carbonyl (C=O) groups excluding carboxylic acids is 1. The third-order valence-electron chi connectivity index (χ3n) is 4.19. The molecule has 1 aliphatic carbocycles. The molecule has 0 bridgehead atoms. The van der Waals surface area contributed by atoms with E-state index in [0.717, 1.165) is 0 Å². The maximum absolute atomic E-state index is 11.9. The van der Waals surface area contributed by atoms with E-state index in [1.165, 1.54) is 6.92 Å². The van der Waals surface area contributed by atoms with Crippen LogP contribution in [0, 0.1) is 11.3 Å². The van der Waals surface area contributed by atoms with Crippen molar-refractivity contribution >= 4 is 17.9 Å². The van der Waals surface area contributed by atoms with Crippen molar-refractivity contribution < 1.29 is 29.3 Å². The summed E-state index contributed by atoms with van der Waals surface area (Å²) < 4.78 is 5.26. The van der Waals surface area contributed by atoms with Gasteiger partial charge in [0.2, 0.25) is 0 Å². The van der Waals surface area contributed by atoms with Crippen LogP contribution in [0.1, 0.15) is 46.0 Å². The van der Waals surface area contributed by atoms with Crippen LogP contribution in [0.3, 0.4) is 0 Å². The SMILES string of the molecule is C=C(C)C(=O)OC(CC)C1(C(=O)O)CCCCC1C(=O)O. The third-order valence-corrected chi connectivity index (χ3v) is 4.19. The Kier molecular flexibility index (Phi) is 5.52. The number of aliphatic carboxylic acids is 2. The number of hydrogen-bond donors (Lipinski definition) is 2. The number of ether oxygens (including phenoxy) is 1. The molecule has 0 heterocycles. The first-order valence-electron chi connectivity index (χ1n) is 7.10. The summed E-state index contributed by atoms with van der Waals surface area (Å²) in [5.74, 6) is -4.10. The molecule has 6 nitrogen and oxygen atoms in total. The fourth-order valence-electron chi connectivity index (χ4n) is 3.10. The summed E-state index contributed by atoms with van der Waals surface area (Å²) in [5.41, 5.74) is -1.40. The van der Waals surface area contributed by atoms with Gasteiger partial charge in [0.1, 0.15) is 11.5 Å². The van der Waals surface area contributed by atoms with Crippen LogP contribution in [-0.4, -0.2) is 34.2 Å². The van der Waals surface area contributed by atoms with Gasteiger partial charge in [0.15, 0.2) is 0 Å². The van der Waals surface area contributed by atoms with E-state index < -0.39 is 35.3 Å². The molecule has 0 aromatic heterocycles. The van der Waals surface area contributed by atoms with Crippen LogP contribution >= 0.6 is 0 Å². The highest BCUT2D eigenvalue weighted by molar-refractivity contribution is 5.88. The molecular weight excluding hydrogens is 276 g/mol. The van der Waals surface area contributed by atoms with E-state index in [-0.39, 0.29) is 24.8 Å². The molecule has 0 amide bonds. The zero-order valence-electron chi connectivity index (χ0n) is 12.4. The molecule has 3 atom stereocenters. The van der Waals surface area contributed by atoms with E-state index in [0.29, 0.717) is 12.8 Å². The summed E-state index contributed by atoms with van der Waals surface area (Å²) in [6.07, 6.45) is 1.02. The van der Waals surface area contributed by atoms with Crippen molar-refractivity contribution in [1.29, 1.82) is 0 Å². The molecule has 118 valence electrons. The molecule has 0 aliphatic heterocycles. The molecule has 0 spiro atoms. The van der Waals surface area contributed by atoms with Crippen molar-refractivity contribution in [3.05, 3.63) is 12.2 Å². The van der Waals surface area contributed by atoms with Gasteiger partial charge in [-0.3, -0.25) is 9.59 Å². The van der Waals surface area contributed by atoms with Gasteiger partial charge in [-0.2, -0.15) is 0 Å². The van der Waals surface area contributed by atoms with E-state index in [2.05, 4.69) is 6.58 Å². The predicted octanol–water partition coefficient (Wildman–Crippen LogP) is 2.23. The van der Waals surface area contributed by atoms with Gasteiger partial charge < -0.3 is 14.9 Å². The van der Waals surface area contributed by atoms with Gasteiger partial charge in [-0.05, 0) is 26.2 Å². The molecular formula is C15H22O6. The topological polar surface area (TPSA) is 101 Å². The van der Waals surface area contributed by atoms with Crippen LogP contribution < -0.4 is 0 Å². The number of hydrogen-bond acceptors (Lipinski definition) is 4. The molecule has 0 radical (unpaired) electrons. The Bertz CT molecular complexity index is 455. The van der Waals surface area contributed by atoms with Crippen LogP contribution in [0.25, 0.3) is 0 Å². The average molecular weight is 298 g/mol. The van der Waals surface area contributed by atoms with Crippen LogP contribution in [-0.2, 0) is 19.1 Å². The minimum absolute atomic E-state index is 0.164. The van der Waals surface area contributed by atoms with Crippen LogP contribution in [0.5, 0.6) is 0 Å². The van der Waals surface area contributed by atoms with Gasteiger partial charge in [0.05, 0.1) is 5.92 Å². The van der Waals surface area contributed by atoms with Crippen molar-refractivity contribution in [2.24, 2.45) is 11.3 Å². The lowest BCUT2D eigenvalue weighted by atomic mass is 9.62. The fraction of sp³-hybridized carbons (Fsp3) is 0.667. The van der Waals surface area contributed by atoms with Crippen molar-refractivity contribution in [2.45, 2.75) is 52.1 Å². The minimum Gasteiger partial charge on any atom is -0.481 e. The van der Waals surface area contributed by atoms with Crippen molar-refractivity contribution in [2.75, 3.05) is 0 Å². The standard InChI is InChI=1S/C15H22O6/c1-4-11(21-13(18)9(2)3)15(14(19)20)8-6-5-7-10(15)12(16)17/h10-11H,2,4-8H2,1,3H3,(H,16,17)(H,19,20). The fourth-order valence-corrected chi connectivity index (χ4v) is 3.10. The summed E-state index contributed by atoms with van der Waals surface area (Å²) in [6, 6.07) is 0. The average Bonchev–Trinajstić information content (AvgIpc) is 2.43. The van der Waals surface area contributed by atoms with Gasteiger partial charge in [-0.25, -0.2) is 4.79 Å². The summed E-state index contributed by atoms with van der Waals surface area (Å²) >= 11 is 0. The molecule has 6 heteroatoms. The number of carbonyl (C=O) groups is 3. The van der Waals surface area contributed by atoms with Crippen molar-refractivity contribution in [1.82, 2.24) is 0 Å². The lowest BCUT2D eigenvalue weighted by molar-refractivity contribution is -0.185. The second-order valence-corrected chi connectivity index (χ2v) is 5.56. The zero-order chi connectivity index (χ0) is 16.2. The molecule has 0 aromatic rings. The highest BCUT2D eigenvalue weighted by Crippen LogP contribution is 2.46. The number of carboxylic acids is 2.